The van der Waals surface area contributed by atoms with Gasteiger partial charge in [0.05, 0.1) is 38.5 Å². The molecule has 180 valence electrons. The first kappa shape index (κ1) is 24.0. The summed E-state index contributed by atoms with van der Waals surface area (Å²) in [6, 6.07) is 12.4. The molecule has 2 N–H and O–H groups in total. The number of carbonyl (C=O) groups is 2. The number of likely N-dealkylation sites (tertiary alicyclic amines) is 1. The standard InChI is InChI=1S/C27H32N2O5/c1-18-5-7-20(8-6-18)24-23(25(30)21-9-10-22(33-3)19(2)17-21)26(31)27(32)29(24)12-4-11-28-13-15-34-16-14-28/h5-10,17,24,30H,4,11-16H2,1-3H3/p+1. The van der Waals surface area contributed by atoms with Gasteiger partial charge in [0.2, 0.25) is 0 Å². The van der Waals surface area contributed by atoms with Gasteiger partial charge in [-0.15, -0.1) is 0 Å². The number of nitrogens with zero attached hydrogens (tertiary/aromatic N) is 1. The molecule has 34 heavy (non-hydrogen) atoms. The number of quaternary nitrogens is 1. The second kappa shape index (κ2) is 10.4. The van der Waals surface area contributed by atoms with Gasteiger partial charge in [0.1, 0.15) is 24.6 Å². The minimum absolute atomic E-state index is 0.136. The van der Waals surface area contributed by atoms with Crippen LogP contribution < -0.4 is 9.64 Å². The number of ketones is 1. The number of methoxy groups -OCH3 is 1. The van der Waals surface area contributed by atoms with Crippen molar-refractivity contribution in [3.05, 3.63) is 70.3 Å². The maximum Gasteiger partial charge on any atom is 0.295 e. The van der Waals surface area contributed by atoms with E-state index in [1.54, 1.807) is 30.2 Å². The van der Waals surface area contributed by atoms with E-state index in [0.717, 1.165) is 56.0 Å². The number of nitrogens with one attached hydrogen (secondary N) is 1. The lowest BCUT2D eigenvalue weighted by Gasteiger charge is -2.27. The first-order valence-corrected chi connectivity index (χ1v) is 11.8. The van der Waals surface area contributed by atoms with Gasteiger partial charge in [-0.25, -0.2) is 0 Å². The second-order valence-electron chi connectivity index (χ2n) is 9.05. The van der Waals surface area contributed by atoms with Crippen LogP contribution in [0.4, 0.5) is 0 Å². The van der Waals surface area contributed by atoms with Gasteiger partial charge in [-0.05, 0) is 43.2 Å². The third-order valence-corrected chi connectivity index (χ3v) is 6.73. The van der Waals surface area contributed by atoms with Crippen molar-refractivity contribution in [2.75, 3.05) is 46.5 Å². The van der Waals surface area contributed by atoms with E-state index < -0.39 is 17.7 Å². The molecule has 2 aromatic rings. The van der Waals surface area contributed by atoms with Crippen molar-refractivity contribution in [1.29, 1.82) is 0 Å². The van der Waals surface area contributed by atoms with E-state index in [1.165, 1.54) is 4.90 Å². The zero-order valence-corrected chi connectivity index (χ0v) is 20.1. The van der Waals surface area contributed by atoms with E-state index in [-0.39, 0.29) is 11.3 Å². The number of hydrogen-bond donors (Lipinski definition) is 2. The summed E-state index contributed by atoms with van der Waals surface area (Å²) in [5.41, 5.74) is 3.36. The lowest BCUT2D eigenvalue weighted by molar-refractivity contribution is -0.908. The summed E-state index contributed by atoms with van der Waals surface area (Å²) >= 11 is 0. The first-order valence-electron chi connectivity index (χ1n) is 11.8. The highest BCUT2D eigenvalue weighted by molar-refractivity contribution is 6.46. The summed E-state index contributed by atoms with van der Waals surface area (Å²) in [7, 11) is 1.59. The number of hydrogen-bond acceptors (Lipinski definition) is 5. The lowest BCUT2D eigenvalue weighted by Crippen LogP contribution is -3.14. The van der Waals surface area contributed by atoms with Crippen molar-refractivity contribution in [1.82, 2.24) is 4.90 Å². The molecule has 7 heteroatoms. The summed E-state index contributed by atoms with van der Waals surface area (Å²) in [5.74, 6) is -0.668. The molecule has 2 saturated heterocycles. The van der Waals surface area contributed by atoms with Gasteiger partial charge >= 0.3 is 0 Å². The second-order valence-corrected chi connectivity index (χ2v) is 9.05. The molecular weight excluding hydrogens is 432 g/mol. The summed E-state index contributed by atoms with van der Waals surface area (Å²) in [4.78, 5) is 29.4. The number of aliphatic hydroxyl groups excluding tert-OH is 1. The third kappa shape index (κ3) is 4.86. The fourth-order valence-corrected chi connectivity index (χ4v) is 4.80. The summed E-state index contributed by atoms with van der Waals surface area (Å²) < 4.78 is 10.7. The molecule has 4 rings (SSSR count). The van der Waals surface area contributed by atoms with Gasteiger partial charge in [0.25, 0.3) is 11.7 Å². The molecule has 0 aromatic heterocycles. The minimum atomic E-state index is -0.643. The molecule has 2 aliphatic heterocycles. The van der Waals surface area contributed by atoms with Gasteiger partial charge in [-0.3, -0.25) is 9.59 Å². The molecule has 2 aromatic carbocycles. The molecule has 0 radical (unpaired) electrons. The number of morpholine rings is 1. The molecule has 2 heterocycles. The van der Waals surface area contributed by atoms with Gasteiger partial charge in [-0.2, -0.15) is 0 Å². The van der Waals surface area contributed by atoms with Crippen LogP contribution in [0.1, 0.15) is 34.7 Å². The SMILES string of the molecule is COc1ccc(C(O)=C2C(=O)C(=O)N(CCC[NH+]3CCOCC3)C2c2ccc(C)cc2)cc1C. The van der Waals surface area contributed by atoms with E-state index in [4.69, 9.17) is 9.47 Å². The van der Waals surface area contributed by atoms with Crippen molar-refractivity contribution in [2.24, 2.45) is 0 Å². The fourth-order valence-electron chi connectivity index (χ4n) is 4.80. The average molecular weight is 466 g/mol. The predicted octanol–water partition coefficient (Wildman–Crippen LogP) is 2.04. The largest absolute Gasteiger partial charge is 0.507 e. The molecule has 0 bridgehead atoms. The highest BCUT2D eigenvalue weighted by Gasteiger charge is 2.45. The van der Waals surface area contributed by atoms with E-state index in [2.05, 4.69) is 0 Å². The topological polar surface area (TPSA) is 80.5 Å². The van der Waals surface area contributed by atoms with E-state index in [1.807, 2.05) is 38.1 Å². The predicted molar refractivity (Wildman–Crippen MR) is 129 cm³/mol. The van der Waals surface area contributed by atoms with Crippen LogP contribution in [0.5, 0.6) is 5.75 Å². The van der Waals surface area contributed by atoms with Crippen LogP contribution in [0.15, 0.2) is 48.0 Å². The van der Waals surface area contributed by atoms with E-state index in [9.17, 15) is 14.7 Å². The minimum Gasteiger partial charge on any atom is -0.507 e. The maximum atomic E-state index is 13.2. The highest BCUT2D eigenvalue weighted by Crippen LogP contribution is 2.39. The van der Waals surface area contributed by atoms with Crippen molar-refractivity contribution in [3.8, 4) is 5.75 Å². The Bertz CT molecular complexity index is 1090. The molecule has 1 unspecified atom stereocenters. The van der Waals surface area contributed by atoms with Crippen molar-refractivity contribution < 1.29 is 29.1 Å². The molecule has 2 aliphatic rings. The van der Waals surface area contributed by atoms with Gasteiger partial charge in [0, 0.05) is 18.5 Å². The quantitative estimate of drug-likeness (QED) is 0.372. The number of aliphatic hydroxyl groups is 1. The molecule has 1 atom stereocenters. The van der Waals surface area contributed by atoms with Crippen molar-refractivity contribution in [2.45, 2.75) is 26.3 Å². The zero-order chi connectivity index (χ0) is 24.2. The number of benzene rings is 2. The summed E-state index contributed by atoms with van der Waals surface area (Å²) in [6.45, 7) is 8.64. The third-order valence-electron chi connectivity index (χ3n) is 6.73. The Morgan fingerprint density at radius 1 is 1.12 bits per heavy atom. The van der Waals surface area contributed by atoms with Crippen LogP contribution in [0.2, 0.25) is 0 Å². The number of ether oxygens (including phenoxy) is 2. The van der Waals surface area contributed by atoms with Crippen LogP contribution in [0.25, 0.3) is 5.76 Å². The summed E-state index contributed by atoms with van der Waals surface area (Å²) in [5, 5.41) is 11.3. The first-order chi connectivity index (χ1) is 16.4. The van der Waals surface area contributed by atoms with Crippen LogP contribution >= 0.6 is 0 Å². The molecule has 0 saturated carbocycles. The monoisotopic (exact) mass is 465 g/mol. The maximum absolute atomic E-state index is 13.2. The van der Waals surface area contributed by atoms with Crippen molar-refractivity contribution >= 4 is 17.4 Å². The molecule has 0 spiro atoms. The Balaban J connectivity index is 1.68. The van der Waals surface area contributed by atoms with Crippen LogP contribution in [0.3, 0.4) is 0 Å². The molecule has 0 aliphatic carbocycles. The van der Waals surface area contributed by atoms with Gasteiger partial charge < -0.3 is 24.4 Å². The number of carbonyl (C=O) groups excluding carboxylic acids is 2. The van der Waals surface area contributed by atoms with E-state index in [0.29, 0.717) is 17.9 Å². The highest BCUT2D eigenvalue weighted by atomic mass is 16.5. The number of rotatable bonds is 7. The van der Waals surface area contributed by atoms with Crippen LogP contribution in [-0.2, 0) is 14.3 Å². The van der Waals surface area contributed by atoms with Crippen LogP contribution in [-0.4, -0.2) is 68.2 Å². The van der Waals surface area contributed by atoms with Gasteiger partial charge in [0.15, 0.2) is 0 Å². The lowest BCUT2D eigenvalue weighted by atomic mass is 9.94. The average Bonchev–Trinajstić information content (AvgIpc) is 3.09. The molecule has 7 nitrogen and oxygen atoms in total. The molecular formula is C27H33N2O5+. The molecule has 2 fully saturated rings. The fraction of sp³-hybridized carbons (Fsp3) is 0.407. The Morgan fingerprint density at radius 3 is 2.47 bits per heavy atom. The van der Waals surface area contributed by atoms with Crippen LogP contribution in [0, 0.1) is 13.8 Å². The molecule has 1 amide bonds. The Morgan fingerprint density at radius 2 is 1.82 bits per heavy atom. The Hall–Kier alpha value is -3.16. The normalized spacial score (nSPS) is 20.7. The van der Waals surface area contributed by atoms with E-state index >= 15 is 0 Å². The smallest absolute Gasteiger partial charge is 0.295 e. The Labute approximate surface area is 200 Å². The number of Topliss-reactive ketones (excluding diaryl/α,β-unsaturated/α-hetero) is 1. The van der Waals surface area contributed by atoms with Crippen molar-refractivity contribution in [3.63, 3.8) is 0 Å². The number of amides is 1. The number of aryl methyl sites for hydroxylation is 2. The van der Waals surface area contributed by atoms with Gasteiger partial charge in [-0.1, -0.05) is 29.8 Å². The zero-order valence-electron chi connectivity index (χ0n) is 20.1. The summed E-state index contributed by atoms with van der Waals surface area (Å²) in [6.07, 6.45) is 0.770. The Kier molecular flexibility index (Phi) is 7.34.